The number of hydrogen-bond acceptors (Lipinski definition) is 4. The van der Waals surface area contributed by atoms with E-state index in [9.17, 15) is 4.79 Å². The first-order valence-electron chi connectivity index (χ1n) is 8.07. The zero-order valence-electron chi connectivity index (χ0n) is 14.2. The van der Waals surface area contributed by atoms with Crippen molar-refractivity contribution in [2.75, 3.05) is 19.0 Å². The Morgan fingerprint density at radius 2 is 2.00 bits per heavy atom. The molecule has 1 N–H and O–H groups in total. The van der Waals surface area contributed by atoms with Gasteiger partial charge in [0.25, 0.3) is 5.91 Å². The van der Waals surface area contributed by atoms with E-state index >= 15 is 0 Å². The lowest BCUT2D eigenvalue weighted by Crippen LogP contribution is -2.47. The lowest BCUT2D eigenvalue weighted by atomic mass is 9.69. The molecular formula is C17H26N4O. The number of carbonyl (C=O) groups excluding carboxylic acids is 1. The van der Waals surface area contributed by atoms with Crippen LogP contribution in [0.4, 0.5) is 5.82 Å². The highest BCUT2D eigenvalue weighted by Crippen LogP contribution is 2.65. The number of nitrogens with one attached hydrogen (secondary N) is 1. The van der Waals surface area contributed by atoms with E-state index in [0.717, 1.165) is 12.2 Å². The second-order valence-corrected chi connectivity index (χ2v) is 7.81. The number of carbonyl (C=O) groups is 1. The van der Waals surface area contributed by atoms with Gasteiger partial charge in [0.05, 0.1) is 0 Å². The molecule has 120 valence electrons. The van der Waals surface area contributed by atoms with E-state index in [1.807, 2.05) is 25.1 Å². The average Bonchev–Trinajstić information content (AvgIpc) is 2.80. The van der Waals surface area contributed by atoms with Crippen LogP contribution in [-0.4, -0.2) is 36.2 Å². The zero-order valence-corrected chi connectivity index (χ0v) is 14.2. The minimum Gasteiger partial charge on any atom is -0.361 e. The van der Waals surface area contributed by atoms with Crippen molar-refractivity contribution in [2.24, 2.45) is 16.7 Å². The summed E-state index contributed by atoms with van der Waals surface area (Å²) in [6.07, 6.45) is 3.56. The van der Waals surface area contributed by atoms with Crippen LogP contribution < -0.4 is 10.2 Å². The number of hydrogen-bond donors (Lipinski definition) is 1. The van der Waals surface area contributed by atoms with Crippen LogP contribution in [0.25, 0.3) is 0 Å². The highest BCUT2D eigenvalue weighted by Gasteiger charge is 2.61. The average molecular weight is 302 g/mol. The first kappa shape index (κ1) is 15.3. The molecule has 2 aliphatic rings. The summed E-state index contributed by atoms with van der Waals surface area (Å²) in [6.45, 7) is 7.02. The predicted octanol–water partition coefficient (Wildman–Crippen LogP) is 2.49. The van der Waals surface area contributed by atoms with E-state index in [-0.39, 0.29) is 17.4 Å². The molecule has 2 saturated carbocycles. The fourth-order valence-corrected chi connectivity index (χ4v) is 4.34. The molecule has 1 aromatic rings. The molecule has 2 fully saturated rings. The van der Waals surface area contributed by atoms with Crippen LogP contribution in [0.2, 0.25) is 0 Å². The quantitative estimate of drug-likeness (QED) is 0.932. The maximum absolute atomic E-state index is 12.5. The van der Waals surface area contributed by atoms with Gasteiger partial charge in [0, 0.05) is 20.1 Å². The van der Waals surface area contributed by atoms with Crippen LogP contribution in [-0.2, 0) is 0 Å². The minimum absolute atomic E-state index is 0.104. The molecule has 5 heteroatoms. The smallest absolute Gasteiger partial charge is 0.272 e. The molecule has 0 spiro atoms. The SMILES string of the molecule is CN(C)c1ccc(C(=O)NC2CC3CCC2(C)C3(C)C)nn1. The van der Waals surface area contributed by atoms with Gasteiger partial charge in [-0.25, -0.2) is 0 Å². The van der Waals surface area contributed by atoms with Gasteiger partial charge in [-0.1, -0.05) is 20.8 Å². The molecular weight excluding hydrogens is 276 g/mol. The molecule has 0 saturated heterocycles. The fourth-order valence-electron chi connectivity index (χ4n) is 4.34. The molecule has 0 aromatic carbocycles. The summed E-state index contributed by atoms with van der Waals surface area (Å²) in [4.78, 5) is 14.4. The maximum atomic E-state index is 12.5. The summed E-state index contributed by atoms with van der Waals surface area (Å²) in [5.74, 6) is 1.36. The van der Waals surface area contributed by atoms with Crippen molar-refractivity contribution in [3.05, 3.63) is 17.8 Å². The summed E-state index contributed by atoms with van der Waals surface area (Å²) in [6, 6.07) is 3.82. The normalized spacial score (nSPS) is 32.0. The molecule has 1 heterocycles. The molecule has 3 rings (SSSR count). The molecule has 0 aliphatic heterocycles. The fraction of sp³-hybridized carbons (Fsp3) is 0.706. The van der Waals surface area contributed by atoms with Gasteiger partial charge in [-0.15, -0.1) is 10.2 Å². The Kier molecular flexibility index (Phi) is 3.42. The highest BCUT2D eigenvalue weighted by atomic mass is 16.2. The topological polar surface area (TPSA) is 58.1 Å². The number of anilines is 1. The molecule has 3 unspecified atom stereocenters. The summed E-state index contributed by atoms with van der Waals surface area (Å²) in [7, 11) is 3.81. The third kappa shape index (κ3) is 2.09. The number of amides is 1. The Hall–Kier alpha value is -1.65. The molecule has 1 aromatic heterocycles. The predicted molar refractivity (Wildman–Crippen MR) is 86.8 cm³/mol. The van der Waals surface area contributed by atoms with Crippen LogP contribution in [0.15, 0.2) is 12.1 Å². The van der Waals surface area contributed by atoms with Gasteiger partial charge >= 0.3 is 0 Å². The first-order valence-corrected chi connectivity index (χ1v) is 8.07. The molecule has 1 amide bonds. The van der Waals surface area contributed by atoms with Crippen molar-refractivity contribution in [1.29, 1.82) is 0 Å². The van der Waals surface area contributed by atoms with E-state index in [1.165, 1.54) is 12.8 Å². The molecule has 22 heavy (non-hydrogen) atoms. The van der Waals surface area contributed by atoms with Crippen molar-refractivity contribution >= 4 is 11.7 Å². The minimum atomic E-state index is -0.104. The van der Waals surface area contributed by atoms with Gasteiger partial charge in [-0.3, -0.25) is 4.79 Å². The van der Waals surface area contributed by atoms with E-state index in [1.54, 1.807) is 6.07 Å². The lowest BCUT2D eigenvalue weighted by Gasteiger charge is -2.39. The zero-order chi connectivity index (χ0) is 16.1. The van der Waals surface area contributed by atoms with Gasteiger partial charge in [-0.05, 0) is 48.1 Å². The van der Waals surface area contributed by atoms with Crippen LogP contribution in [0.5, 0.6) is 0 Å². The molecule has 3 atom stereocenters. The largest absolute Gasteiger partial charge is 0.361 e. The van der Waals surface area contributed by atoms with Gasteiger partial charge in [-0.2, -0.15) is 0 Å². The lowest BCUT2D eigenvalue weighted by molar-refractivity contribution is 0.0820. The summed E-state index contributed by atoms with van der Waals surface area (Å²) < 4.78 is 0. The number of rotatable bonds is 3. The Labute approximate surface area is 132 Å². The third-order valence-electron chi connectivity index (χ3n) is 6.44. The van der Waals surface area contributed by atoms with Crippen LogP contribution >= 0.6 is 0 Å². The van der Waals surface area contributed by atoms with Crippen LogP contribution in [0.3, 0.4) is 0 Å². The first-order chi connectivity index (χ1) is 10.3. The second-order valence-electron chi connectivity index (χ2n) is 7.81. The third-order valence-corrected chi connectivity index (χ3v) is 6.44. The molecule has 2 aliphatic carbocycles. The Morgan fingerprint density at radius 1 is 1.27 bits per heavy atom. The Morgan fingerprint density at radius 3 is 2.45 bits per heavy atom. The van der Waals surface area contributed by atoms with Crippen molar-refractivity contribution < 1.29 is 4.79 Å². The standard InChI is InChI=1S/C17H26N4O/c1-16(2)11-8-9-17(16,3)13(10-11)18-15(22)12-6-7-14(20-19-12)21(4)5/h6-7,11,13H,8-10H2,1-5H3,(H,18,22). The van der Waals surface area contributed by atoms with E-state index < -0.39 is 0 Å². The Bertz CT molecular complexity index is 581. The Balaban J connectivity index is 1.73. The van der Waals surface area contributed by atoms with Gasteiger partial charge in [0.1, 0.15) is 0 Å². The van der Waals surface area contributed by atoms with E-state index in [0.29, 0.717) is 17.0 Å². The van der Waals surface area contributed by atoms with Crippen molar-refractivity contribution in [2.45, 2.75) is 46.1 Å². The summed E-state index contributed by atoms with van der Waals surface area (Å²) in [5, 5.41) is 11.4. The highest BCUT2D eigenvalue weighted by molar-refractivity contribution is 5.92. The van der Waals surface area contributed by atoms with Gasteiger partial charge < -0.3 is 10.2 Å². The van der Waals surface area contributed by atoms with Crippen molar-refractivity contribution in [1.82, 2.24) is 15.5 Å². The maximum Gasteiger partial charge on any atom is 0.272 e. The number of fused-ring (bicyclic) bond motifs is 2. The molecule has 5 nitrogen and oxygen atoms in total. The van der Waals surface area contributed by atoms with Gasteiger partial charge in [0.15, 0.2) is 11.5 Å². The summed E-state index contributed by atoms with van der Waals surface area (Å²) >= 11 is 0. The second kappa shape index (κ2) is 4.93. The molecule has 0 radical (unpaired) electrons. The monoisotopic (exact) mass is 302 g/mol. The van der Waals surface area contributed by atoms with Crippen molar-refractivity contribution in [3.63, 3.8) is 0 Å². The molecule has 2 bridgehead atoms. The van der Waals surface area contributed by atoms with Crippen molar-refractivity contribution in [3.8, 4) is 0 Å². The van der Waals surface area contributed by atoms with E-state index in [4.69, 9.17) is 0 Å². The van der Waals surface area contributed by atoms with Gasteiger partial charge in [0.2, 0.25) is 0 Å². The van der Waals surface area contributed by atoms with Crippen LogP contribution in [0, 0.1) is 16.7 Å². The summed E-state index contributed by atoms with van der Waals surface area (Å²) in [5.41, 5.74) is 0.880. The van der Waals surface area contributed by atoms with E-state index in [2.05, 4.69) is 36.3 Å². The van der Waals surface area contributed by atoms with Crippen LogP contribution in [0.1, 0.15) is 50.5 Å². The number of aromatic nitrogens is 2. The number of nitrogens with zero attached hydrogens (tertiary/aromatic N) is 3.